The van der Waals surface area contributed by atoms with E-state index in [1.165, 1.54) is 0 Å². The highest BCUT2D eigenvalue weighted by molar-refractivity contribution is 4.76. The van der Waals surface area contributed by atoms with Gasteiger partial charge in [-0.3, -0.25) is 0 Å². The molecular formula is C15H32O7. The Hall–Kier alpha value is -0.280. The van der Waals surface area contributed by atoms with Gasteiger partial charge in [-0.2, -0.15) is 0 Å². The molecule has 0 aromatic heterocycles. The maximum Gasteiger partial charge on any atom is 0.215 e. The van der Waals surface area contributed by atoms with E-state index >= 15 is 0 Å². The van der Waals surface area contributed by atoms with E-state index in [2.05, 4.69) is 0 Å². The summed E-state index contributed by atoms with van der Waals surface area (Å²) in [5.74, 6) is -3.01. The summed E-state index contributed by atoms with van der Waals surface area (Å²) >= 11 is 0. The summed E-state index contributed by atoms with van der Waals surface area (Å²) in [7, 11) is 0. The van der Waals surface area contributed by atoms with Gasteiger partial charge in [-0.15, -0.1) is 0 Å². The van der Waals surface area contributed by atoms with E-state index in [-0.39, 0.29) is 18.4 Å². The molecule has 0 amide bonds. The molecule has 0 aromatic carbocycles. The Bertz CT molecular complexity index is 306. The Labute approximate surface area is 132 Å². The first-order valence-corrected chi connectivity index (χ1v) is 7.68. The number of hydrogen-bond donors (Lipinski definition) is 5. The molecular weight excluding hydrogens is 292 g/mol. The highest BCUT2D eigenvalue weighted by Gasteiger charge is 2.38. The van der Waals surface area contributed by atoms with Gasteiger partial charge in [0.1, 0.15) is 6.10 Å². The molecule has 7 nitrogen and oxygen atoms in total. The molecule has 0 bridgehead atoms. The van der Waals surface area contributed by atoms with Crippen LogP contribution in [0.1, 0.15) is 48.0 Å². The smallest absolute Gasteiger partial charge is 0.215 e. The first kappa shape index (κ1) is 21.7. The Kier molecular flexibility index (Phi) is 9.01. The van der Waals surface area contributed by atoms with E-state index < -0.39 is 36.5 Å². The van der Waals surface area contributed by atoms with Crippen LogP contribution in [0.5, 0.6) is 0 Å². The van der Waals surface area contributed by atoms with Crippen molar-refractivity contribution in [3.05, 3.63) is 0 Å². The monoisotopic (exact) mass is 324 g/mol. The van der Waals surface area contributed by atoms with Gasteiger partial charge in [0.25, 0.3) is 0 Å². The predicted octanol–water partition coefficient (Wildman–Crippen LogP) is 0.177. The number of ether oxygens (including phenoxy) is 2. The van der Waals surface area contributed by atoms with Crippen LogP contribution in [0, 0.1) is 11.8 Å². The van der Waals surface area contributed by atoms with Crippen molar-refractivity contribution in [2.45, 2.75) is 84.6 Å². The van der Waals surface area contributed by atoms with Crippen molar-refractivity contribution in [3.8, 4) is 0 Å². The molecule has 0 saturated carbocycles. The molecule has 0 heterocycles. The quantitative estimate of drug-likeness (QED) is 0.364. The Morgan fingerprint density at radius 2 is 1.36 bits per heavy atom. The topological polar surface area (TPSA) is 120 Å². The fourth-order valence-corrected chi connectivity index (χ4v) is 1.87. The van der Waals surface area contributed by atoms with Crippen molar-refractivity contribution in [1.29, 1.82) is 0 Å². The summed E-state index contributed by atoms with van der Waals surface area (Å²) < 4.78 is 10.3. The van der Waals surface area contributed by atoms with Gasteiger partial charge in [0, 0.05) is 6.42 Å². The molecule has 0 aliphatic rings. The molecule has 7 heteroatoms. The Balaban J connectivity index is 4.54. The summed E-state index contributed by atoms with van der Waals surface area (Å²) in [6.07, 6.45) is -5.27. The lowest BCUT2D eigenvalue weighted by molar-refractivity contribution is -0.321. The molecule has 0 rings (SSSR count). The predicted molar refractivity (Wildman–Crippen MR) is 80.6 cm³/mol. The zero-order chi connectivity index (χ0) is 17.7. The summed E-state index contributed by atoms with van der Waals surface area (Å²) in [6.45, 7) is 10.2. The SMILES string of the molecule is CC(C)OC(O)C(O)(O)C[C@H](C)C(C)OC(O)C(O)C(C)C. The molecule has 0 spiro atoms. The van der Waals surface area contributed by atoms with Crippen LogP contribution < -0.4 is 0 Å². The van der Waals surface area contributed by atoms with Crippen LogP contribution in [-0.4, -0.2) is 62.2 Å². The summed E-state index contributed by atoms with van der Waals surface area (Å²) in [4.78, 5) is 0. The number of rotatable bonds is 10. The van der Waals surface area contributed by atoms with Crippen molar-refractivity contribution >= 4 is 0 Å². The summed E-state index contributed by atoms with van der Waals surface area (Å²) in [6, 6.07) is 0. The van der Waals surface area contributed by atoms with E-state index in [1.54, 1.807) is 41.5 Å². The first-order chi connectivity index (χ1) is 9.88. The highest BCUT2D eigenvalue weighted by atomic mass is 16.7. The summed E-state index contributed by atoms with van der Waals surface area (Å²) in [5, 5.41) is 48.9. The lowest BCUT2D eigenvalue weighted by atomic mass is 9.95. The second kappa shape index (κ2) is 9.12. The second-order valence-corrected chi connectivity index (χ2v) is 6.56. The fraction of sp³-hybridized carbons (Fsp3) is 1.00. The third-order valence-corrected chi connectivity index (χ3v) is 3.55. The first-order valence-electron chi connectivity index (χ1n) is 7.68. The lowest BCUT2D eigenvalue weighted by Crippen LogP contribution is -2.47. The third-order valence-electron chi connectivity index (χ3n) is 3.55. The van der Waals surface area contributed by atoms with Crippen LogP contribution in [0.2, 0.25) is 0 Å². The minimum absolute atomic E-state index is 0.173. The number of aliphatic hydroxyl groups excluding tert-OH is 3. The minimum Gasteiger partial charge on any atom is -0.388 e. The molecule has 134 valence electrons. The van der Waals surface area contributed by atoms with Gasteiger partial charge in [0.15, 0.2) is 6.29 Å². The lowest BCUT2D eigenvalue weighted by Gasteiger charge is -2.33. The van der Waals surface area contributed by atoms with Gasteiger partial charge >= 0.3 is 0 Å². The van der Waals surface area contributed by atoms with Gasteiger partial charge < -0.3 is 35.0 Å². The standard InChI is InChI=1S/C15H32O7/c1-8(2)12(16)13(17)22-11(6)10(5)7-15(19,20)14(18)21-9(3)4/h8-14,16-20H,7H2,1-6H3/t10-,11?,12?,13?,14?/m0/s1. The Morgan fingerprint density at radius 3 is 1.77 bits per heavy atom. The van der Waals surface area contributed by atoms with Crippen molar-refractivity contribution < 1.29 is 35.0 Å². The van der Waals surface area contributed by atoms with Gasteiger partial charge in [-0.25, -0.2) is 0 Å². The fourth-order valence-electron chi connectivity index (χ4n) is 1.87. The van der Waals surface area contributed by atoms with Gasteiger partial charge in [0.2, 0.25) is 12.1 Å². The largest absolute Gasteiger partial charge is 0.388 e. The van der Waals surface area contributed by atoms with Crippen molar-refractivity contribution in [3.63, 3.8) is 0 Å². The molecule has 0 aliphatic carbocycles. The number of hydrogen-bond acceptors (Lipinski definition) is 7. The molecule has 0 aliphatic heterocycles. The van der Waals surface area contributed by atoms with Crippen molar-refractivity contribution in [2.24, 2.45) is 11.8 Å². The maximum atomic E-state index is 9.90. The Morgan fingerprint density at radius 1 is 0.864 bits per heavy atom. The molecule has 5 N–H and O–H groups in total. The van der Waals surface area contributed by atoms with Gasteiger partial charge in [-0.05, 0) is 32.6 Å². The van der Waals surface area contributed by atoms with Crippen molar-refractivity contribution in [1.82, 2.24) is 0 Å². The van der Waals surface area contributed by atoms with Crippen molar-refractivity contribution in [2.75, 3.05) is 0 Å². The molecule has 0 saturated heterocycles. The van der Waals surface area contributed by atoms with E-state index in [4.69, 9.17) is 9.47 Å². The zero-order valence-corrected chi connectivity index (χ0v) is 14.3. The summed E-state index contributed by atoms with van der Waals surface area (Å²) in [5.41, 5.74) is 0. The average Bonchev–Trinajstić information content (AvgIpc) is 2.35. The maximum absolute atomic E-state index is 9.90. The zero-order valence-electron chi connectivity index (χ0n) is 14.3. The molecule has 4 unspecified atom stereocenters. The third kappa shape index (κ3) is 7.32. The van der Waals surface area contributed by atoms with Crippen LogP contribution in [0.25, 0.3) is 0 Å². The molecule has 0 fully saturated rings. The van der Waals surface area contributed by atoms with Crippen LogP contribution in [0.15, 0.2) is 0 Å². The molecule has 5 atom stereocenters. The van der Waals surface area contributed by atoms with E-state index in [0.717, 1.165) is 0 Å². The second-order valence-electron chi connectivity index (χ2n) is 6.56. The van der Waals surface area contributed by atoms with Crippen LogP contribution >= 0.6 is 0 Å². The molecule has 0 radical (unpaired) electrons. The van der Waals surface area contributed by atoms with Gasteiger partial charge in [-0.1, -0.05) is 20.8 Å². The van der Waals surface area contributed by atoms with Gasteiger partial charge in [0.05, 0.1) is 12.2 Å². The highest BCUT2D eigenvalue weighted by Crippen LogP contribution is 2.24. The molecule has 0 aromatic rings. The average molecular weight is 324 g/mol. The van der Waals surface area contributed by atoms with Crippen LogP contribution in [0.3, 0.4) is 0 Å². The molecule has 22 heavy (non-hydrogen) atoms. The van der Waals surface area contributed by atoms with Crippen LogP contribution in [0.4, 0.5) is 0 Å². The van der Waals surface area contributed by atoms with Crippen LogP contribution in [-0.2, 0) is 9.47 Å². The van der Waals surface area contributed by atoms with E-state index in [1.807, 2.05) is 0 Å². The number of aliphatic hydroxyl groups is 5. The van der Waals surface area contributed by atoms with E-state index in [9.17, 15) is 25.5 Å². The van der Waals surface area contributed by atoms with E-state index in [0.29, 0.717) is 0 Å². The normalized spacial score (nSPS) is 20.0. The minimum atomic E-state index is -2.43.